The fraction of sp³-hybridized carbons (Fsp3) is 0.125. The van der Waals surface area contributed by atoms with Crippen molar-refractivity contribution in [2.45, 2.75) is 24.4 Å². The molecule has 0 aliphatic rings. The number of hydrogen-bond donors (Lipinski definition) is 3. The quantitative estimate of drug-likeness (QED) is 0.0740. The van der Waals surface area contributed by atoms with Crippen molar-refractivity contribution in [2.75, 3.05) is 21.6 Å². The lowest BCUT2D eigenvalue weighted by molar-refractivity contribution is -0.384. The first kappa shape index (κ1) is 34.4. The van der Waals surface area contributed by atoms with Crippen molar-refractivity contribution in [1.82, 2.24) is 14.8 Å². The van der Waals surface area contributed by atoms with Crippen molar-refractivity contribution in [1.29, 1.82) is 0 Å². The predicted octanol–water partition coefficient (Wildman–Crippen LogP) is 5.99. The summed E-state index contributed by atoms with van der Waals surface area (Å²) in [7, 11) is -3.43. The summed E-state index contributed by atoms with van der Waals surface area (Å²) in [6.45, 7) is 1.47. The molecule has 5 rings (SSSR count). The molecule has 5 aromatic rings. The van der Waals surface area contributed by atoms with E-state index in [1.54, 1.807) is 65.5 Å². The summed E-state index contributed by atoms with van der Waals surface area (Å²) in [6, 6.07) is 24.3. The number of carbonyl (C=O) groups excluding carboxylic acids is 2. The van der Waals surface area contributed by atoms with Gasteiger partial charge in [0.05, 0.1) is 22.6 Å². The minimum absolute atomic E-state index is 0.0225. The number of rotatable bonds is 13. The number of carbonyl (C=O) groups is 2. The number of anilines is 3. The van der Waals surface area contributed by atoms with Crippen LogP contribution in [0.1, 0.15) is 18.1 Å². The molecule has 0 aliphatic carbocycles. The van der Waals surface area contributed by atoms with Gasteiger partial charge in [0.2, 0.25) is 15.9 Å². The Bertz CT molecular complexity index is 2090. The number of nitrogens with one attached hydrogen (secondary N) is 3. The van der Waals surface area contributed by atoms with Gasteiger partial charge < -0.3 is 14.8 Å². The second-order valence-corrected chi connectivity index (χ2v) is 13.2. The Morgan fingerprint density at radius 3 is 2.37 bits per heavy atom. The first-order valence-corrected chi connectivity index (χ1v) is 17.3. The summed E-state index contributed by atoms with van der Waals surface area (Å²) in [5.74, 6) is 0.746. The lowest BCUT2D eigenvalue weighted by atomic mass is 10.2. The molecule has 0 radical (unpaired) electrons. The van der Waals surface area contributed by atoms with E-state index >= 15 is 0 Å². The van der Waals surface area contributed by atoms with Gasteiger partial charge in [0.1, 0.15) is 24.4 Å². The standard InChI is InChI=1S/C32H29N7O8S2/c1-21(40)34-25-4-3-5-26(16-25)38-20-33-36-31(38)48-19-23-8-13-28(14-9-23)47-32(41)35-29-17-27(39(42)43)12-15-30(29)46-18-22-6-10-24(11-7-22)37-49(2,44)45/h3-17,20,37H,18-19H2,1-2H3,(H,34,40)(H,35,41). The molecule has 252 valence electrons. The van der Waals surface area contributed by atoms with Crippen molar-refractivity contribution in [2.24, 2.45) is 0 Å². The van der Waals surface area contributed by atoms with Crippen LogP contribution in [0.2, 0.25) is 0 Å². The molecule has 0 saturated carbocycles. The number of aromatic nitrogens is 3. The van der Waals surface area contributed by atoms with Gasteiger partial charge in [0.25, 0.3) is 5.69 Å². The van der Waals surface area contributed by atoms with Gasteiger partial charge in [-0.25, -0.2) is 13.2 Å². The summed E-state index contributed by atoms with van der Waals surface area (Å²) in [5, 5.41) is 25.5. The van der Waals surface area contributed by atoms with E-state index < -0.39 is 21.0 Å². The van der Waals surface area contributed by atoms with E-state index in [0.29, 0.717) is 27.8 Å². The second kappa shape index (κ2) is 15.3. The van der Waals surface area contributed by atoms with Gasteiger partial charge in [-0.05, 0) is 59.7 Å². The molecule has 0 saturated heterocycles. The molecule has 3 N–H and O–H groups in total. The van der Waals surface area contributed by atoms with Crippen LogP contribution in [-0.2, 0) is 27.2 Å². The number of non-ortho nitro benzene ring substituents is 1. The van der Waals surface area contributed by atoms with Gasteiger partial charge >= 0.3 is 6.09 Å². The monoisotopic (exact) mass is 703 g/mol. The van der Waals surface area contributed by atoms with Gasteiger partial charge in [-0.2, -0.15) is 0 Å². The van der Waals surface area contributed by atoms with Crippen LogP contribution < -0.4 is 24.8 Å². The maximum atomic E-state index is 12.8. The molecule has 2 amide bonds. The summed E-state index contributed by atoms with van der Waals surface area (Å²) >= 11 is 1.44. The molecule has 0 bridgehead atoms. The average Bonchev–Trinajstić information content (AvgIpc) is 3.52. The predicted molar refractivity (Wildman–Crippen MR) is 184 cm³/mol. The second-order valence-electron chi connectivity index (χ2n) is 10.5. The molecule has 0 fully saturated rings. The summed E-state index contributed by atoms with van der Waals surface area (Å²) in [4.78, 5) is 35.0. The van der Waals surface area contributed by atoms with Gasteiger partial charge in [-0.1, -0.05) is 42.1 Å². The van der Waals surface area contributed by atoms with Crippen LogP contribution in [0, 0.1) is 10.1 Å². The van der Waals surface area contributed by atoms with Crippen molar-refractivity contribution in [3.8, 4) is 17.2 Å². The molecular formula is C32H29N7O8S2. The van der Waals surface area contributed by atoms with Crippen LogP contribution in [0.25, 0.3) is 5.69 Å². The maximum absolute atomic E-state index is 12.8. The highest BCUT2D eigenvalue weighted by atomic mass is 32.2. The zero-order valence-corrected chi connectivity index (χ0v) is 27.7. The van der Waals surface area contributed by atoms with Crippen LogP contribution in [0.5, 0.6) is 11.5 Å². The van der Waals surface area contributed by atoms with Crippen molar-refractivity contribution in [3.05, 3.63) is 119 Å². The van der Waals surface area contributed by atoms with Crippen molar-refractivity contribution in [3.63, 3.8) is 0 Å². The Hall–Kier alpha value is -5.94. The molecule has 15 nitrogen and oxygen atoms in total. The van der Waals surface area contributed by atoms with Crippen LogP contribution in [0.15, 0.2) is 102 Å². The fourth-order valence-electron chi connectivity index (χ4n) is 4.38. The van der Waals surface area contributed by atoms with Crippen molar-refractivity contribution < 1.29 is 32.4 Å². The smallest absolute Gasteiger partial charge is 0.417 e. The Morgan fingerprint density at radius 1 is 0.939 bits per heavy atom. The number of nitrogens with zero attached hydrogens (tertiary/aromatic N) is 4. The molecule has 17 heteroatoms. The van der Waals surface area contributed by atoms with Gasteiger partial charge in [0, 0.05) is 36.2 Å². The summed E-state index contributed by atoms with van der Waals surface area (Å²) in [5.41, 5.74) is 3.16. The molecule has 0 aliphatic heterocycles. The Morgan fingerprint density at radius 2 is 1.67 bits per heavy atom. The molecule has 0 spiro atoms. The average molecular weight is 704 g/mol. The molecular weight excluding hydrogens is 675 g/mol. The molecule has 1 aromatic heterocycles. The van der Waals surface area contributed by atoms with E-state index in [0.717, 1.165) is 23.6 Å². The number of ether oxygens (including phenoxy) is 2. The summed E-state index contributed by atoms with van der Waals surface area (Å²) < 4.78 is 38.3. The first-order chi connectivity index (χ1) is 23.4. The molecule has 0 unspecified atom stereocenters. The highest BCUT2D eigenvalue weighted by Gasteiger charge is 2.16. The van der Waals surface area contributed by atoms with Crippen LogP contribution in [-0.4, -0.2) is 46.4 Å². The molecule has 49 heavy (non-hydrogen) atoms. The molecule has 4 aromatic carbocycles. The first-order valence-electron chi connectivity index (χ1n) is 14.4. The van der Waals surface area contributed by atoms with E-state index in [9.17, 15) is 28.1 Å². The highest BCUT2D eigenvalue weighted by Crippen LogP contribution is 2.31. The van der Waals surface area contributed by atoms with E-state index in [-0.39, 0.29) is 35.4 Å². The number of benzene rings is 4. The van der Waals surface area contributed by atoms with Gasteiger partial charge in [0.15, 0.2) is 5.16 Å². The number of amides is 2. The molecule has 1 heterocycles. The third-order valence-corrected chi connectivity index (χ3v) is 8.15. The minimum atomic E-state index is -3.43. The molecule has 0 atom stereocenters. The highest BCUT2D eigenvalue weighted by molar-refractivity contribution is 7.98. The maximum Gasteiger partial charge on any atom is 0.417 e. The normalized spacial score (nSPS) is 11.0. The Kier molecular flexibility index (Phi) is 10.7. The Balaban J connectivity index is 1.19. The minimum Gasteiger partial charge on any atom is -0.487 e. The SMILES string of the molecule is CC(=O)Nc1cccc(-n2cnnc2SCc2ccc(OC(=O)Nc3cc([N+](=O)[O-])ccc3OCc3ccc(NS(C)(=O)=O)cc3)cc2)c1. The fourth-order valence-corrected chi connectivity index (χ4v) is 5.83. The summed E-state index contributed by atoms with van der Waals surface area (Å²) in [6.07, 6.45) is 1.74. The number of sulfonamides is 1. The Labute approximate surface area is 284 Å². The topological polar surface area (TPSA) is 197 Å². The number of nitro benzene ring substituents is 1. The zero-order chi connectivity index (χ0) is 35.0. The third-order valence-electron chi connectivity index (χ3n) is 6.53. The van der Waals surface area contributed by atoms with E-state index in [4.69, 9.17) is 9.47 Å². The van der Waals surface area contributed by atoms with Gasteiger partial charge in [-0.15, -0.1) is 10.2 Å². The largest absolute Gasteiger partial charge is 0.487 e. The lowest BCUT2D eigenvalue weighted by Crippen LogP contribution is -2.17. The zero-order valence-electron chi connectivity index (χ0n) is 26.0. The van der Waals surface area contributed by atoms with Crippen molar-refractivity contribution >= 4 is 56.5 Å². The van der Waals surface area contributed by atoms with E-state index in [2.05, 4.69) is 25.6 Å². The number of thioether (sulfide) groups is 1. The third kappa shape index (κ3) is 10.0. The van der Waals surface area contributed by atoms with Crippen LogP contribution in [0.4, 0.5) is 27.5 Å². The number of nitro groups is 1. The van der Waals surface area contributed by atoms with E-state index in [1.807, 2.05) is 18.2 Å². The van der Waals surface area contributed by atoms with Gasteiger partial charge in [-0.3, -0.25) is 29.5 Å². The number of hydrogen-bond acceptors (Lipinski definition) is 11. The van der Waals surface area contributed by atoms with Crippen LogP contribution >= 0.6 is 11.8 Å². The lowest BCUT2D eigenvalue weighted by Gasteiger charge is -2.13. The van der Waals surface area contributed by atoms with E-state index in [1.165, 1.54) is 30.8 Å². The van der Waals surface area contributed by atoms with Crippen LogP contribution in [0.3, 0.4) is 0 Å².